The second kappa shape index (κ2) is 6.46. The van der Waals surface area contributed by atoms with Crippen LogP contribution in [0.4, 0.5) is 0 Å². The average molecular weight is 352 g/mol. The summed E-state index contributed by atoms with van der Waals surface area (Å²) < 4.78 is 32.7. The summed E-state index contributed by atoms with van der Waals surface area (Å²) in [5.41, 5.74) is 6.09. The van der Waals surface area contributed by atoms with Gasteiger partial charge in [-0.3, -0.25) is 4.79 Å². The van der Waals surface area contributed by atoms with Crippen LogP contribution in [0.15, 0.2) is 29.2 Å². The van der Waals surface area contributed by atoms with Crippen molar-refractivity contribution < 1.29 is 17.9 Å². The Morgan fingerprint density at radius 2 is 1.75 bits per heavy atom. The first kappa shape index (κ1) is 17.4. The Labute approximate surface area is 142 Å². The van der Waals surface area contributed by atoms with E-state index in [0.29, 0.717) is 0 Å². The molecule has 3 N–H and O–H groups in total. The molecule has 0 amide bonds. The molecular weight excluding hydrogens is 328 g/mol. The highest BCUT2D eigenvalue weighted by Gasteiger charge is 2.52. The van der Waals surface area contributed by atoms with E-state index in [0.717, 1.165) is 44.1 Å². The van der Waals surface area contributed by atoms with Crippen LogP contribution in [0.5, 0.6) is 0 Å². The molecule has 0 aliphatic heterocycles. The van der Waals surface area contributed by atoms with Crippen LogP contribution in [-0.4, -0.2) is 33.6 Å². The summed E-state index contributed by atoms with van der Waals surface area (Å²) in [5.74, 6) is -0.255. The van der Waals surface area contributed by atoms with Crippen LogP contribution in [0.1, 0.15) is 44.1 Å². The third kappa shape index (κ3) is 3.34. The van der Waals surface area contributed by atoms with Crippen LogP contribution in [0, 0.1) is 0 Å². The summed E-state index contributed by atoms with van der Waals surface area (Å²) in [6, 6.07) is 6.69. The number of rotatable bonds is 5. The maximum atomic E-state index is 12.5. The van der Waals surface area contributed by atoms with Gasteiger partial charge < -0.3 is 10.5 Å². The first-order chi connectivity index (χ1) is 11.4. The third-order valence-corrected chi connectivity index (χ3v) is 6.67. The van der Waals surface area contributed by atoms with Crippen molar-refractivity contribution in [3.63, 3.8) is 0 Å². The van der Waals surface area contributed by atoms with Gasteiger partial charge in [0.25, 0.3) is 0 Å². The highest BCUT2D eigenvalue weighted by molar-refractivity contribution is 7.89. The second-order valence-electron chi connectivity index (χ2n) is 6.83. The molecule has 0 heterocycles. The number of esters is 1. The Balaban J connectivity index is 1.72. The maximum Gasteiger partial charge on any atom is 0.316 e. The molecule has 7 heteroatoms. The van der Waals surface area contributed by atoms with E-state index in [9.17, 15) is 13.2 Å². The van der Waals surface area contributed by atoms with Crippen molar-refractivity contribution in [3.05, 3.63) is 29.8 Å². The summed E-state index contributed by atoms with van der Waals surface area (Å²) in [4.78, 5) is 12.1. The molecule has 0 unspecified atom stereocenters. The molecule has 0 radical (unpaired) electrons. The lowest BCUT2D eigenvalue weighted by atomic mass is 9.93. The van der Waals surface area contributed by atoms with Gasteiger partial charge in [0.15, 0.2) is 0 Å². The van der Waals surface area contributed by atoms with E-state index in [2.05, 4.69) is 4.72 Å². The summed E-state index contributed by atoms with van der Waals surface area (Å²) in [6.45, 7) is 0. The fraction of sp³-hybridized carbons (Fsp3) is 0.588. The Morgan fingerprint density at radius 1 is 1.17 bits per heavy atom. The van der Waals surface area contributed by atoms with Gasteiger partial charge in [-0.15, -0.1) is 0 Å². The minimum atomic E-state index is -3.55. The van der Waals surface area contributed by atoms with Crippen LogP contribution in [-0.2, 0) is 25.0 Å². The monoisotopic (exact) mass is 352 g/mol. The largest absolute Gasteiger partial charge is 0.468 e. The van der Waals surface area contributed by atoms with E-state index in [1.165, 1.54) is 7.11 Å². The molecule has 0 aromatic heterocycles. The number of carbonyl (C=O) groups excluding carboxylic acids is 1. The first-order valence-electron chi connectivity index (χ1n) is 8.34. The number of methoxy groups -OCH3 is 1. The Kier molecular flexibility index (Phi) is 4.68. The minimum Gasteiger partial charge on any atom is -0.468 e. The second-order valence-corrected chi connectivity index (χ2v) is 8.55. The van der Waals surface area contributed by atoms with E-state index < -0.39 is 15.4 Å². The molecule has 1 aromatic carbocycles. The van der Waals surface area contributed by atoms with Crippen LogP contribution in [0.25, 0.3) is 0 Å². The molecule has 2 aliphatic carbocycles. The van der Waals surface area contributed by atoms with E-state index in [1.807, 2.05) is 0 Å². The van der Waals surface area contributed by atoms with Crippen LogP contribution < -0.4 is 10.5 Å². The van der Waals surface area contributed by atoms with E-state index in [4.69, 9.17) is 10.5 Å². The Bertz CT molecular complexity index is 703. The molecule has 1 aromatic rings. The number of sulfonamides is 1. The zero-order chi connectivity index (χ0) is 17.4. The van der Waals surface area contributed by atoms with Gasteiger partial charge in [0.1, 0.15) is 0 Å². The van der Waals surface area contributed by atoms with Crippen molar-refractivity contribution in [1.29, 1.82) is 0 Å². The van der Waals surface area contributed by atoms with Gasteiger partial charge >= 0.3 is 5.97 Å². The maximum absolute atomic E-state index is 12.5. The smallest absolute Gasteiger partial charge is 0.316 e. The highest BCUT2D eigenvalue weighted by atomic mass is 32.2. The van der Waals surface area contributed by atoms with Gasteiger partial charge in [0, 0.05) is 12.1 Å². The number of benzene rings is 1. The summed E-state index contributed by atoms with van der Waals surface area (Å²) in [6.07, 6.45) is 4.70. The van der Waals surface area contributed by atoms with Gasteiger partial charge in [-0.05, 0) is 56.2 Å². The summed E-state index contributed by atoms with van der Waals surface area (Å²) >= 11 is 0. The Morgan fingerprint density at radius 3 is 2.25 bits per heavy atom. The lowest BCUT2D eigenvalue weighted by Crippen LogP contribution is -2.40. The lowest BCUT2D eigenvalue weighted by molar-refractivity contribution is -0.143. The molecule has 0 saturated heterocycles. The van der Waals surface area contributed by atoms with Crippen LogP contribution in [0.2, 0.25) is 0 Å². The number of hydrogen-bond donors (Lipinski definition) is 2. The topological polar surface area (TPSA) is 98.5 Å². The average Bonchev–Trinajstić information content (AvgIpc) is 3.38. The summed E-state index contributed by atoms with van der Waals surface area (Å²) in [7, 11) is -2.18. The van der Waals surface area contributed by atoms with Crippen LogP contribution >= 0.6 is 0 Å². The molecule has 24 heavy (non-hydrogen) atoms. The van der Waals surface area contributed by atoms with Gasteiger partial charge in [-0.2, -0.15) is 0 Å². The van der Waals surface area contributed by atoms with Crippen molar-refractivity contribution in [1.82, 2.24) is 4.72 Å². The molecule has 2 aliphatic rings. The quantitative estimate of drug-likeness (QED) is 0.781. The number of carbonyl (C=O) groups is 1. The van der Waals surface area contributed by atoms with Crippen LogP contribution in [0.3, 0.4) is 0 Å². The predicted octanol–water partition coefficient (Wildman–Crippen LogP) is 1.44. The molecule has 3 rings (SSSR count). The van der Waals surface area contributed by atoms with E-state index >= 15 is 0 Å². The fourth-order valence-corrected chi connectivity index (χ4v) is 4.71. The van der Waals surface area contributed by atoms with Gasteiger partial charge in [-0.25, -0.2) is 13.1 Å². The van der Waals surface area contributed by atoms with Crippen molar-refractivity contribution in [3.8, 4) is 0 Å². The number of ether oxygens (including phenoxy) is 1. The molecule has 0 atom stereocenters. The van der Waals surface area contributed by atoms with E-state index in [-0.39, 0.29) is 22.9 Å². The Hall–Kier alpha value is -1.44. The minimum absolute atomic E-state index is 0.0562. The SMILES string of the molecule is COC(=O)C1(c2ccc(S(=O)(=O)NC3CCC(N)CC3)cc2)CC1. The number of nitrogens with one attached hydrogen (secondary N) is 1. The zero-order valence-corrected chi connectivity index (χ0v) is 14.6. The van der Waals surface area contributed by atoms with Gasteiger partial charge in [0.2, 0.25) is 10.0 Å². The van der Waals surface area contributed by atoms with Gasteiger partial charge in [0.05, 0.1) is 17.4 Å². The predicted molar refractivity (Wildman–Crippen MR) is 89.9 cm³/mol. The number of nitrogens with two attached hydrogens (primary N) is 1. The van der Waals surface area contributed by atoms with Gasteiger partial charge in [-0.1, -0.05) is 12.1 Å². The lowest BCUT2D eigenvalue weighted by Gasteiger charge is -2.26. The van der Waals surface area contributed by atoms with Crippen molar-refractivity contribution in [2.75, 3.05) is 7.11 Å². The normalized spacial score (nSPS) is 25.9. The molecular formula is C17H24N2O4S. The summed E-state index contributed by atoms with van der Waals surface area (Å²) in [5, 5.41) is 0. The standard InChI is InChI=1S/C17H24N2O4S/c1-23-16(20)17(10-11-17)12-2-8-15(9-3-12)24(21,22)19-14-6-4-13(18)5-7-14/h2-3,8-9,13-14,19H,4-7,10-11,18H2,1H3. The van der Waals surface area contributed by atoms with Crippen molar-refractivity contribution in [2.45, 2.75) is 60.9 Å². The third-order valence-electron chi connectivity index (χ3n) is 5.14. The number of hydrogen-bond acceptors (Lipinski definition) is 5. The first-order valence-corrected chi connectivity index (χ1v) is 9.82. The molecule has 132 valence electrons. The molecule has 0 bridgehead atoms. The van der Waals surface area contributed by atoms with Crippen molar-refractivity contribution >= 4 is 16.0 Å². The molecule has 6 nitrogen and oxygen atoms in total. The fourth-order valence-electron chi connectivity index (χ4n) is 3.41. The highest BCUT2D eigenvalue weighted by Crippen LogP contribution is 2.49. The molecule has 0 spiro atoms. The zero-order valence-electron chi connectivity index (χ0n) is 13.8. The van der Waals surface area contributed by atoms with Crippen molar-refractivity contribution in [2.24, 2.45) is 5.73 Å². The van der Waals surface area contributed by atoms with E-state index in [1.54, 1.807) is 24.3 Å². The molecule has 2 fully saturated rings. The molecule has 2 saturated carbocycles.